The molecule has 3 nitrogen and oxygen atoms in total. The van der Waals surface area contributed by atoms with Crippen LogP contribution in [0.4, 0.5) is 0 Å². The maximum Gasteiger partial charge on any atom is 0.186 e. The smallest absolute Gasteiger partial charge is 0.186 e. The van der Waals surface area contributed by atoms with Crippen molar-refractivity contribution in [3.8, 4) is 0 Å². The highest BCUT2D eigenvalue weighted by atomic mass is 79.9. The summed E-state index contributed by atoms with van der Waals surface area (Å²) in [6, 6.07) is 14.3. The Morgan fingerprint density at radius 2 is 1.95 bits per heavy atom. The van der Waals surface area contributed by atoms with E-state index in [4.69, 9.17) is 0 Å². The summed E-state index contributed by atoms with van der Waals surface area (Å²) in [6.45, 7) is 0. The minimum atomic E-state index is 0.0622. The Hall–Kier alpha value is -1.94. The Labute approximate surface area is 125 Å². The maximum absolute atomic E-state index is 12.4. The summed E-state index contributed by atoms with van der Waals surface area (Å²) >= 11 is 3.37. The molecule has 0 aliphatic carbocycles. The van der Waals surface area contributed by atoms with Gasteiger partial charge in [0.05, 0.1) is 10.7 Å². The number of nitrogens with zero attached hydrogens (tertiary/aromatic N) is 2. The van der Waals surface area contributed by atoms with E-state index in [1.165, 1.54) is 5.39 Å². The van der Waals surface area contributed by atoms with Gasteiger partial charge in [0.25, 0.3) is 0 Å². The fourth-order valence-corrected chi connectivity index (χ4v) is 2.91. The number of aryl methyl sites for hydroxylation is 1. The molecular formula is C16H13BrN2O. The van der Waals surface area contributed by atoms with E-state index in [9.17, 15) is 4.79 Å². The van der Waals surface area contributed by atoms with Crippen LogP contribution in [0.1, 0.15) is 16.1 Å². The van der Waals surface area contributed by atoms with E-state index in [1.807, 2.05) is 18.2 Å². The Morgan fingerprint density at radius 3 is 2.65 bits per heavy atom. The van der Waals surface area contributed by atoms with E-state index < -0.39 is 0 Å². The van der Waals surface area contributed by atoms with Crippen LogP contribution in [0.25, 0.3) is 10.8 Å². The zero-order chi connectivity index (χ0) is 14.1. The molecule has 0 atom stereocenters. The molecule has 100 valence electrons. The Morgan fingerprint density at radius 1 is 1.20 bits per heavy atom. The van der Waals surface area contributed by atoms with Crippen molar-refractivity contribution in [2.75, 3.05) is 0 Å². The number of fused-ring (bicyclic) bond motifs is 1. The maximum atomic E-state index is 12.4. The number of benzene rings is 2. The van der Waals surface area contributed by atoms with Gasteiger partial charge in [0.15, 0.2) is 5.78 Å². The first-order chi connectivity index (χ1) is 9.65. The second-order valence-corrected chi connectivity index (χ2v) is 5.60. The number of rotatable bonds is 3. The summed E-state index contributed by atoms with van der Waals surface area (Å²) < 4.78 is 2.35. The van der Waals surface area contributed by atoms with Gasteiger partial charge < -0.3 is 0 Å². The van der Waals surface area contributed by atoms with Gasteiger partial charge in [-0.2, -0.15) is 5.10 Å². The van der Waals surface area contributed by atoms with Gasteiger partial charge in [0.1, 0.15) is 5.69 Å². The quantitative estimate of drug-likeness (QED) is 0.686. The molecular weight excluding hydrogens is 316 g/mol. The topological polar surface area (TPSA) is 34.9 Å². The lowest BCUT2D eigenvalue weighted by molar-refractivity contribution is 0.0983. The molecule has 0 N–H and O–H groups in total. The standard InChI is InChI=1S/C16H13BrN2O/c1-19-16(14(17)10-18-19)15(20)9-11-6-7-12-4-2-3-5-13(12)8-11/h2-8,10H,9H2,1H3. The van der Waals surface area contributed by atoms with Crippen LogP contribution in [0.5, 0.6) is 0 Å². The first-order valence-electron chi connectivity index (χ1n) is 6.33. The van der Waals surface area contributed by atoms with Gasteiger partial charge >= 0.3 is 0 Å². The molecule has 0 unspecified atom stereocenters. The van der Waals surface area contributed by atoms with Crippen molar-refractivity contribution in [3.05, 3.63) is 64.4 Å². The van der Waals surface area contributed by atoms with Crippen molar-refractivity contribution in [2.24, 2.45) is 7.05 Å². The number of carbonyl (C=O) groups is 1. The van der Waals surface area contributed by atoms with Crippen molar-refractivity contribution in [1.82, 2.24) is 9.78 Å². The molecule has 0 saturated carbocycles. The molecule has 2 aromatic carbocycles. The van der Waals surface area contributed by atoms with Crippen LogP contribution in [0.15, 0.2) is 53.1 Å². The minimum absolute atomic E-state index is 0.0622. The summed E-state index contributed by atoms with van der Waals surface area (Å²) in [5.41, 5.74) is 1.62. The lowest BCUT2D eigenvalue weighted by Crippen LogP contribution is -2.10. The number of hydrogen-bond acceptors (Lipinski definition) is 2. The van der Waals surface area contributed by atoms with E-state index in [1.54, 1.807) is 17.9 Å². The number of halogens is 1. The predicted octanol–water partition coefficient (Wildman–Crippen LogP) is 3.76. The zero-order valence-electron chi connectivity index (χ0n) is 11.0. The van der Waals surface area contributed by atoms with Gasteiger partial charge in [-0.25, -0.2) is 0 Å². The average Bonchev–Trinajstić information content (AvgIpc) is 2.78. The molecule has 4 heteroatoms. The Balaban J connectivity index is 1.91. The van der Waals surface area contributed by atoms with Crippen LogP contribution in [0.3, 0.4) is 0 Å². The van der Waals surface area contributed by atoms with E-state index in [0.717, 1.165) is 15.4 Å². The van der Waals surface area contributed by atoms with Crippen molar-refractivity contribution in [2.45, 2.75) is 6.42 Å². The summed E-state index contributed by atoms with van der Waals surface area (Å²) in [5.74, 6) is 0.0622. The SMILES string of the molecule is Cn1ncc(Br)c1C(=O)Cc1ccc2ccccc2c1. The fraction of sp³-hybridized carbons (Fsp3) is 0.125. The molecule has 0 radical (unpaired) electrons. The van der Waals surface area contributed by atoms with E-state index in [2.05, 4.69) is 45.3 Å². The van der Waals surface area contributed by atoms with Crippen LogP contribution < -0.4 is 0 Å². The third-order valence-electron chi connectivity index (χ3n) is 3.34. The highest BCUT2D eigenvalue weighted by molar-refractivity contribution is 9.10. The molecule has 3 aromatic rings. The van der Waals surface area contributed by atoms with E-state index in [-0.39, 0.29) is 5.78 Å². The van der Waals surface area contributed by atoms with Gasteiger partial charge in [-0.1, -0.05) is 42.5 Å². The molecule has 0 amide bonds. The highest BCUT2D eigenvalue weighted by Crippen LogP contribution is 2.20. The Kier molecular flexibility index (Phi) is 3.40. The molecule has 1 heterocycles. The van der Waals surface area contributed by atoms with Crippen molar-refractivity contribution in [1.29, 1.82) is 0 Å². The second-order valence-electron chi connectivity index (χ2n) is 4.75. The van der Waals surface area contributed by atoms with Gasteiger partial charge in [-0.3, -0.25) is 9.48 Å². The van der Waals surface area contributed by atoms with Crippen LogP contribution in [-0.2, 0) is 13.5 Å². The van der Waals surface area contributed by atoms with Crippen LogP contribution in [-0.4, -0.2) is 15.6 Å². The van der Waals surface area contributed by atoms with Crippen molar-refractivity contribution in [3.63, 3.8) is 0 Å². The molecule has 1 aromatic heterocycles. The highest BCUT2D eigenvalue weighted by Gasteiger charge is 2.15. The summed E-state index contributed by atoms with van der Waals surface area (Å²) in [7, 11) is 1.78. The summed E-state index contributed by atoms with van der Waals surface area (Å²) in [4.78, 5) is 12.4. The largest absolute Gasteiger partial charge is 0.292 e. The van der Waals surface area contributed by atoms with Crippen LogP contribution in [0, 0.1) is 0 Å². The average molecular weight is 329 g/mol. The number of Topliss-reactive ketones (excluding diaryl/α,β-unsaturated/α-hetero) is 1. The van der Waals surface area contributed by atoms with E-state index in [0.29, 0.717) is 12.1 Å². The minimum Gasteiger partial charge on any atom is -0.292 e. The molecule has 0 bridgehead atoms. The molecule has 0 fully saturated rings. The number of hydrogen-bond donors (Lipinski definition) is 0. The van der Waals surface area contributed by atoms with Gasteiger partial charge in [0, 0.05) is 13.5 Å². The first kappa shape index (κ1) is 13.1. The first-order valence-corrected chi connectivity index (χ1v) is 7.13. The second kappa shape index (κ2) is 5.21. The van der Waals surface area contributed by atoms with Gasteiger partial charge in [-0.15, -0.1) is 0 Å². The third kappa shape index (κ3) is 2.39. The molecule has 0 saturated heterocycles. The molecule has 0 aliphatic heterocycles. The third-order valence-corrected chi connectivity index (χ3v) is 3.92. The molecule has 20 heavy (non-hydrogen) atoms. The number of aromatic nitrogens is 2. The van der Waals surface area contributed by atoms with Crippen molar-refractivity contribution >= 4 is 32.5 Å². The lowest BCUT2D eigenvalue weighted by atomic mass is 10.0. The van der Waals surface area contributed by atoms with Gasteiger partial charge in [-0.05, 0) is 32.3 Å². The van der Waals surface area contributed by atoms with Crippen LogP contribution in [0.2, 0.25) is 0 Å². The fourth-order valence-electron chi connectivity index (χ4n) is 2.34. The normalized spacial score (nSPS) is 10.9. The number of carbonyl (C=O) groups excluding carboxylic acids is 1. The van der Waals surface area contributed by atoms with Gasteiger partial charge in [0.2, 0.25) is 0 Å². The van der Waals surface area contributed by atoms with Crippen LogP contribution >= 0.6 is 15.9 Å². The summed E-state index contributed by atoms with van der Waals surface area (Å²) in [5, 5.41) is 6.42. The summed E-state index contributed by atoms with van der Waals surface area (Å²) in [6.07, 6.45) is 2.02. The molecule has 0 aliphatic rings. The lowest BCUT2D eigenvalue weighted by Gasteiger charge is -2.05. The molecule has 0 spiro atoms. The monoisotopic (exact) mass is 328 g/mol. The molecule has 3 rings (SSSR count). The van der Waals surface area contributed by atoms with E-state index >= 15 is 0 Å². The number of ketones is 1. The Bertz CT molecular complexity index is 773. The predicted molar refractivity (Wildman–Crippen MR) is 82.9 cm³/mol. The van der Waals surface area contributed by atoms with Crippen molar-refractivity contribution < 1.29 is 4.79 Å². The zero-order valence-corrected chi connectivity index (χ0v) is 12.6.